The maximum absolute atomic E-state index is 14.9. The van der Waals surface area contributed by atoms with E-state index in [1.165, 1.54) is 79.0 Å². The van der Waals surface area contributed by atoms with E-state index in [0.717, 1.165) is 24.8 Å². The zero-order chi connectivity index (χ0) is 74.6. The lowest BCUT2D eigenvalue weighted by atomic mass is 9.96. The number of carboxylic acid groups (broad SMARTS) is 2. The molecule has 0 aliphatic carbocycles. The Morgan fingerprint density at radius 2 is 1.07 bits per heavy atom. The van der Waals surface area contributed by atoms with Gasteiger partial charge in [0, 0.05) is 38.9 Å². The van der Waals surface area contributed by atoms with Crippen LogP contribution in [0.3, 0.4) is 0 Å². The summed E-state index contributed by atoms with van der Waals surface area (Å²) in [6.45, 7) is 8.08. The van der Waals surface area contributed by atoms with Crippen molar-refractivity contribution in [3.63, 3.8) is 0 Å². The molecule has 4 rings (SSSR count). The molecule has 0 bridgehead atoms. The summed E-state index contributed by atoms with van der Waals surface area (Å²) in [5, 5.41) is 50.0. The van der Waals surface area contributed by atoms with E-state index in [4.69, 9.17) is 17.2 Å². The molecule has 101 heavy (non-hydrogen) atoms. The fraction of sp³-hybridized carbons (Fsp3) is 0.634. The Morgan fingerprint density at radius 3 is 1.67 bits per heavy atom. The van der Waals surface area contributed by atoms with Crippen molar-refractivity contribution >= 4 is 82.8 Å². The normalized spacial score (nSPS) is 16.5. The first-order valence-corrected chi connectivity index (χ1v) is 35.7. The number of benzene rings is 2. The Balaban J connectivity index is 1.48. The monoisotopic (exact) mass is 1410 g/mol. The zero-order valence-electron chi connectivity index (χ0n) is 59.3. The summed E-state index contributed by atoms with van der Waals surface area (Å²) in [4.78, 5) is 185. The van der Waals surface area contributed by atoms with E-state index in [-0.39, 0.29) is 88.1 Å². The summed E-state index contributed by atoms with van der Waals surface area (Å²) in [5.74, 6) is -13.3. The minimum Gasteiger partial charge on any atom is -0.508 e. The Morgan fingerprint density at radius 1 is 0.535 bits per heavy atom. The van der Waals surface area contributed by atoms with Gasteiger partial charge in [-0.15, -0.1) is 0 Å². The average molecular weight is 1420 g/mol. The predicted molar refractivity (Wildman–Crippen MR) is 376 cm³/mol. The third kappa shape index (κ3) is 30.3. The number of guanidine groups is 1. The minimum absolute atomic E-state index is 0.00222. The van der Waals surface area contributed by atoms with Gasteiger partial charge in [-0.25, -0.2) is 0 Å². The molecular weight excluding hydrogens is 1300 g/mol. The number of aromatic hydroxyl groups is 1. The zero-order valence-corrected chi connectivity index (χ0v) is 59.3. The van der Waals surface area contributed by atoms with E-state index in [2.05, 4.69) is 54.5 Å². The molecule has 2 heterocycles. The molecular formula is C71H110N14O16. The summed E-state index contributed by atoms with van der Waals surface area (Å²) >= 11 is 0. The van der Waals surface area contributed by atoms with Crippen molar-refractivity contribution in [2.24, 2.45) is 34.0 Å². The van der Waals surface area contributed by atoms with Crippen LogP contribution in [-0.4, -0.2) is 195 Å². The molecule has 0 aromatic heterocycles. The van der Waals surface area contributed by atoms with Gasteiger partial charge in [-0.05, 0) is 92.9 Å². The molecule has 560 valence electrons. The Hall–Kier alpha value is -9.22. The van der Waals surface area contributed by atoms with Crippen LogP contribution in [0.25, 0.3) is 0 Å². The predicted octanol–water partition coefficient (Wildman–Crippen LogP) is 1.99. The average Bonchev–Trinajstić information content (AvgIpc) is 1.68. The minimum atomic E-state index is -2.03. The van der Waals surface area contributed by atoms with Crippen LogP contribution >= 0.6 is 0 Å². The van der Waals surface area contributed by atoms with Crippen LogP contribution in [0, 0.1) is 11.8 Å². The maximum Gasteiger partial charge on any atom is 0.305 e. The third-order valence-corrected chi connectivity index (χ3v) is 18.2. The van der Waals surface area contributed by atoms with E-state index in [0.29, 0.717) is 37.7 Å². The molecule has 30 nitrogen and oxygen atoms in total. The Kier molecular flexibility index (Phi) is 37.4. The number of phenolic OH excluding ortho intramolecular Hbond substituents is 1. The first-order chi connectivity index (χ1) is 48.1. The lowest BCUT2D eigenvalue weighted by Gasteiger charge is -2.34. The Labute approximate surface area is 591 Å². The number of Topliss-reactive ketones (excluding diaryl/α,β-unsaturated/α-hetero) is 1. The SMILES string of the molecule is CCCCCCCCCCCCCC(=O)NCC(=O)NCC(=O)N[C@H](C(=O)N[C@H](C(=O)N[C@@H](CCC(=O)O)C(=O)N[C@@H](CC(=O)O)C(=O)N[C@@H](Cc1ccc(O)cc1)C(=O)N[C@@H](CCCN=C(N)N)C(=O)N1CCC[C@H]1C(=O)N1CCC[C@H]1C(=O)[C@H](N)Cc1ccccc1)C(C)C)[C@@H](C)CC. The highest BCUT2D eigenvalue weighted by Gasteiger charge is 2.45. The van der Waals surface area contributed by atoms with Gasteiger partial charge >= 0.3 is 11.9 Å². The quantitative estimate of drug-likeness (QED) is 0.0256. The highest BCUT2D eigenvalue weighted by molar-refractivity contribution is 6.00. The summed E-state index contributed by atoms with van der Waals surface area (Å²) < 4.78 is 0. The molecule has 2 aliphatic heterocycles. The molecule has 2 fully saturated rings. The van der Waals surface area contributed by atoms with Gasteiger partial charge in [-0.2, -0.15) is 0 Å². The maximum atomic E-state index is 14.9. The van der Waals surface area contributed by atoms with Gasteiger partial charge in [0.15, 0.2) is 11.7 Å². The number of ketones is 1. The molecule has 10 atom stereocenters. The number of carboxylic acids is 2. The fourth-order valence-corrected chi connectivity index (χ4v) is 12.2. The number of unbranched alkanes of at least 4 members (excludes halogenated alkanes) is 10. The highest BCUT2D eigenvalue weighted by Crippen LogP contribution is 2.28. The molecule has 17 N–H and O–H groups in total. The van der Waals surface area contributed by atoms with Gasteiger partial charge in [-0.3, -0.25) is 67.3 Å². The fourth-order valence-electron chi connectivity index (χ4n) is 12.2. The van der Waals surface area contributed by atoms with Crippen molar-refractivity contribution in [1.29, 1.82) is 0 Å². The molecule has 0 radical (unpaired) electrons. The van der Waals surface area contributed by atoms with E-state index in [1.807, 2.05) is 30.3 Å². The number of aliphatic imine (C=N–C) groups is 1. The van der Waals surface area contributed by atoms with Crippen molar-refractivity contribution in [3.05, 3.63) is 65.7 Å². The first kappa shape index (κ1) is 84.2. The summed E-state index contributed by atoms with van der Waals surface area (Å²) in [6, 6.07) is 2.21. The van der Waals surface area contributed by atoms with E-state index < -0.39 is 157 Å². The second-order valence-corrected chi connectivity index (χ2v) is 26.7. The largest absolute Gasteiger partial charge is 0.508 e. The van der Waals surface area contributed by atoms with Crippen LogP contribution in [0.5, 0.6) is 5.75 Å². The number of likely N-dealkylation sites (tertiary alicyclic amines) is 2. The number of aliphatic carboxylic acids is 2. The van der Waals surface area contributed by atoms with Crippen molar-refractivity contribution in [2.75, 3.05) is 32.7 Å². The number of nitrogens with two attached hydrogens (primary N) is 3. The van der Waals surface area contributed by atoms with Crippen molar-refractivity contribution in [3.8, 4) is 5.75 Å². The van der Waals surface area contributed by atoms with Crippen LogP contribution in [0.1, 0.15) is 187 Å². The third-order valence-electron chi connectivity index (χ3n) is 18.2. The Bertz CT molecular complexity index is 3100. The van der Waals surface area contributed by atoms with Crippen molar-refractivity contribution in [1.82, 2.24) is 52.3 Å². The molecule has 30 heteroatoms. The first-order valence-electron chi connectivity index (χ1n) is 35.7. The summed E-state index contributed by atoms with van der Waals surface area (Å²) in [6.07, 6.45) is 11.8. The topological polar surface area (TPSA) is 476 Å². The molecule has 2 aromatic rings. The smallest absolute Gasteiger partial charge is 0.305 e. The molecule has 2 aliphatic rings. The van der Waals surface area contributed by atoms with E-state index in [9.17, 15) is 77.6 Å². The van der Waals surface area contributed by atoms with Gasteiger partial charge in [0.1, 0.15) is 48.0 Å². The lowest BCUT2D eigenvalue weighted by molar-refractivity contribution is -0.148. The van der Waals surface area contributed by atoms with Gasteiger partial charge in [0.05, 0.1) is 31.6 Å². The molecule has 0 saturated carbocycles. The summed E-state index contributed by atoms with van der Waals surface area (Å²) in [7, 11) is 0. The van der Waals surface area contributed by atoms with Crippen LogP contribution in [0.4, 0.5) is 0 Å². The number of nitrogens with one attached hydrogen (secondary N) is 8. The van der Waals surface area contributed by atoms with Crippen molar-refractivity contribution < 1.29 is 77.6 Å². The number of carbonyl (C=O) groups excluding carboxylic acids is 11. The lowest BCUT2D eigenvalue weighted by Crippen LogP contribution is -2.61. The number of hydrogen-bond donors (Lipinski definition) is 14. The van der Waals surface area contributed by atoms with Crippen LogP contribution in [0.15, 0.2) is 59.6 Å². The number of nitrogens with zero attached hydrogens (tertiary/aromatic N) is 3. The number of amides is 10. The van der Waals surface area contributed by atoms with Crippen LogP contribution in [0.2, 0.25) is 0 Å². The number of rotatable bonds is 47. The van der Waals surface area contributed by atoms with Gasteiger partial charge in [-0.1, -0.05) is 148 Å². The van der Waals surface area contributed by atoms with Gasteiger partial charge in [0.2, 0.25) is 59.1 Å². The van der Waals surface area contributed by atoms with Crippen LogP contribution < -0.4 is 59.7 Å². The molecule has 0 unspecified atom stereocenters. The standard InChI is InChI=1S/C71H110N14O16/c1-6-8-9-10-11-12-13-14-15-16-20-29-56(87)76-42-57(88)77-43-58(89)82-62(45(5)7-2)68(99)83-61(44(3)4)67(98)78-50(34-35-59(90)91)64(95)81-53(41-60(92)93)66(97)80-52(40-47-30-32-48(86)33-31-47)65(96)79-51(26-21-36-75-71(73)74)69(100)85-38-23-28-55(85)70(101)84-37-22-27-54(84)63(94)49(72)39-46-24-18-17-19-25-46/h17-19,24-25,30-33,44-45,49-55,61-62,86H,6-16,20-23,26-29,34-43,72H2,1-5H3,(H,76,87)(H,77,88)(H,78,98)(H,79,96)(H,80,97)(H,81,95)(H,82,89)(H,83,99)(H,90,91)(H,92,93)(H4,73,74,75)/t45-,49+,50-,51-,52-,53-,54-,55-,61-,62-/m0/s1. The molecule has 2 aromatic carbocycles. The molecule has 2 saturated heterocycles. The number of carbonyl (C=O) groups is 13. The van der Waals surface area contributed by atoms with Gasteiger partial charge in [0.25, 0.3) is 0 Å². The molecule has 10 amide bonds. The molecule has 0 spiro atoms. The van der Waals surface area contributed by atoms with E-state index >= 15 is 0 Å². The van der Waals surface area contributed by atoms with Crippen molar-refractivity contribution in [2.45, 2.75) is 243 Å². The summed E-state index contributed by atoms with van der Waals surface area (Å²) in [5.41, 5.74) is 18.8. The van der Waals surface area contributed by atoms with E-state index in [1.54, 1.807) is 27.7 Å². The number of phenols is 1. The van der Waals surface area contributed by atoms with Crippen LogP contribution in [-0.2, 0) is 75.2 Å². The van der Waals surface area contributed by atoms with Gasteiger partial charge < -0.3 is 84.9 Å². The number of hydrogen-bond acceptors (Lipinski definition) is 16. The second-order valence-electron chi connectivity index (χ2n) is 26.7. The highest BCUT2D eigenvalue weighted by atomic mass is 16.4. The second kappa shape index (κ2) is 44.8.